The summed E-state index contributed by atoms with van der Waals surface area (Å²) in [6.45, 7) is 1.37. The summed E-state index contributed by atoms with van der Waals surface area (Å²) in [7, 11) is -2.85. The third-order valence-electron chi connectivity index (χ3n) is 4.00. The second-order valence-electron chi connectivity index (χ2n) is 5.78. The first-order valence-corrected chi connectivity index (χ1v) is 9.92. The Hall–Kier alpha value is -1.55. The zero-order chi connectivity index (χ0) is 17.5. The van der Waals surface area contributed by atoms with E-state index in [2.05, 4.69) is 14.8 Å². The summed E-state index contributed by atoms with van der Waals surface area (Å²) in [5.41, 5.74) is 0.344. The molecule has 2 aromatic heterocycles. The molecule has 0 fully saturated rings. The highest BCUT2D eigenvalue weighted by Crippen LogP contribution is 2.33. The van der Waals surface area contributed by atoms with Gasteiger partial charge in [-0.05, 0) is 32.6 Å². The fourth-order valence-electron chi connectivity index (χ4n) is 2.96. The van der Waals surface area contributed by atoms with E-state index in [1.54, 1.807) is 0 Å². The number of anilines is 1. The first kappa shape index (κ1) is 17.3. The van der Waals surface area contributed by atoms with Crippen LogP contribution < -0.4 is 4.72 Å². The number of thiazole rings is 1. The summed E-state index contributed by atoms with van der Waals surface area (Å²) < 4.78 is 55.0. The molecule has 0 atom stereocenters. The van der Waals surface area contributed by atoms with Crippen LogP contribution in [0.5, 0.6) is 0 Å². The van der Waals surface area contributed by atoms with E-state index in [-0.39, 0.29) is 10.8 Å². The molecule has 1 aliphatic rings. The second kappa shape index (κ2) is 6.40. The van der Waals surface area contributed by atoms with Gasteiger partial charge in [-0.3, -0.25) is 9.40 Å². The van der Waals surface area contributed by atoms with Crippen LogP contribution in [0.3, 0.4) is 0 Å². The van der Waals surface area contributed by atoms with Crippen LogP contribution in [0.4, 0.5) is 13.9 Å². The van der Waals surface area contributed by atoms with Gasteiger partial charge in [-0.1, -0.05) is 6.42 Å². The second-order valence-corrected chi connectivity index (χ2v) is 8.46. The zero-order valence-electron chi connectivity index (χ0n) is 13.3. The summed E-state index contributed by atoms with van der Waals surface area (Å²) in [5, 5.41) is 3.53. The van der Waals surface area contributed by atoms with Crippen LogP contribution in [-0.2, 0) is 29.9 Å². The average Bonchev–Trinajstić information content (AvgIpc) is 2.90. The minimum Gasteiger partial charge on any atom is -0.255 e. The molecule has 24 heavy (non-hydrogen) atoms. The van der Waals surface area contributed by atoms with E-state index in [0.717, 1.165) is 47.4 Å². The van der Waals surface area contributed by atoms with E-state index in [1.807, 2.05) is 0 Å². The Morgan fingerprint density at radius 2 is 1.96 bits per heavy atom. The van der Waals surface area contributed by atoms with Gasteiger partial charge in [0.15, 0.2) is 10.2 Å². The van der Waals surface area contributed by atoms with Crippen molar-refractivity contribution in [1.82, 2.24) is 14.8 Å². The molecule has 1 N–H and O–H groups in total. The van der Waals surface area contributed by atoms with E-state index < -0.39 is 27.0 Å². The SMILES string of the molecule is Cc1nn(C)c(S(=O)(=O)Nc2nc3c(s2)CCCCC3)c1C(F)F. The standard InChI is InChI=1S/C14H18F2N4O2S2/c1-8-11(12(15)16)13(20(2)18-8)24(21,22)19-14-17-9-6-4-3-5-7-10(9)23-14/h12H,3-7H2,1-2H3,(H,17,19). The predicted molar refractivity (Wildman–Crippen MR) is 87.1 cm³/mol. The Morgan fingerprint density at radius 3 is 2.67 bits per heavy atom. The zero-order valence-corrected chi connectivity index (χ0v) is 15.0. The summed E-state index contributed by atoms with van der Waals surface area (Å²) >= 11 is 1.28. The van der Waals surface area contributed by atoms with E-state index in [0.29, 0.717) is 0 Å². The Balaban J connectivity index is 1.95. The number of sulfonamides is 1. The first-order valence-electron chi connectivity index (χ1n) is 7.62. The van der Waals surface area contributed by atoms with E-state index in [4.69, 9.17) is 0 Å². The monoisotopic (exact) mass is 376 g/mol. The molecule has 6 nitrogen and oxygen atoms in total. The summed E-state index contributed by atoms with van der Waals surface area (Å²) in [6.07, 6.45) is 1.99. The van der Waals surface area contributed by atoms with Crippen molar-refractivity contribution in [3.05, 3.63) is 21.8 Å². The highest BCUT2D eigenvalue weighted by molar-refractivity contribution is 7.92. The van der Waals surface area contributed by atoms with Crippen molar-refractivity contribution in [2.24, 2.45) is 7.05 Å². The average molecular weight is 376 g/mol. The molecular formula is C14H18F2N4O2S2. The van der Waals surface area contributed by atoms with Crippen LogP contribution in [-0.4, -0.2) is 23.2 Å². The largest absolute Gasteiger partial charge is 0.281 e. The van der Waals surface area contributed by atoms with Crippen LogP contribution in [0.25, 0.3) is 0 Å². The van der Waals surface area contributed by atoms with Crippen molar-refractivity contribution in [3.8, 4) is 0 Å². The number of hydrogen-bond acceptors (Lipinski definition) is 5. The normalized spacial score (nSPS) is 15.4. The van der Waals surface area contributed by atoms with Crippen LogP contribution >= 0.6 is 11.3 Å². The van der Waals surface area contributed by atoms with E-state index in [9.17, 15) is 17.2 Å². The number of hydrogen-bond donors (Lipinski definition) is 1. The first-order chi connectivity index (χ1) is 11.3. The molecule has 0 spiro atoms. The molecule has 0 amide bonds. The number of aryl methyl sites for hydroxylation is 4. The summed E-state index contributed by atoms with van der Waals surface area (Å²) in [6, 6.07) is 0. The highest BCUT2D eigenvalue weighted by Gasteiger charge is 2.31. The lowest BCUT2D eigenvalue weighted by Crippen LogP contribution is -2.18. The topological polar surface area (TPSA) is 76.9 Å². The fraction of sp³-hybridized carbons (Fsp3) is 0.571. The molecule has 0 aromatic carbocycles. The van der Waals surface area contributed by atoms with Crippen molar-refractivity contribution >= 4 is 26.5 Å². The van der Waals surface area contributed by atoms with E-state index in [1.165, 1.54) is 25.3 Å². The predicted octanol–water partition coefficient (Wildman–Crippen LogP) is 3.19. The third kappa shape index (κ3) is 3.16. The van der Waals surface area contributed by atoms with Gasteiger partial charge in [0.2, 0.25) is 0 Å². The Morgan fingerprint density at radius 1 is 1.25 bits per heavy atom. The molecule has 3 rings (SSSR count). The number of rotatable bonds is 4. The van der Waals surface area contributed by atoms with Crippen molar-refractivity contribution in [2.75, 3.05) is 4.72 Å². The number of nitrogens with one attached hydrogen (secondary N) is 1. The fourth-order valence-corrected chi connectivity index (χ4v) is 5.64. The molecule has 10 heteroatoms. The van der Waals surface area contributed by atoms with Gasteiger partial charge < -0.3 is 0 Å². The number of aromatic nitrogens is 3. The highest BCUT2D eigenvalue weighted by atomic mass is 32.2. The maximum absolute atomic E-state index is 13.2. The Bertz CT molecular complexity index is 835. The van der Waals surface area contributed by atoms with Gasteiger partial charge in [-0.25, -0.2) is 13.8 Å². The molecule has 0 unspecified atom stereocenters. The molecule has 0 aliphatic heterocycles. The number of alkyl halides is 2. The summed E-state index contributed by atoms with van der Waals surface area (Å²) in [5.74, 6) is 0. The molecule has 0 radical (unpaired) electrons. The van der Waals surface area contributed by atoms with Crippen LogP contribution in [0.15, 0.2) is 5.03 Å². The van der Waals surface area contributed by atoms with Gasteiger partial charge in [0.05, 0.1) is 17.0 Å². The third-order valence-corrected chi connectivity index (χ3v) is 6.66. The van der Waals surface area contributed by atoms with Gasteiger partial charge in [0, 0.05) is 11.9 Å². The molecular weight excluding hydrogens is 358 g/mol. The minimum absolute atomic E-state index is 0.00259. The van der Waals surface area contributed by atoms with Crippen molar-refractivity contribution in [3.63, 3.8) is 0 Å². The molecule has 132 valence electrons. The lowest BCUT2D eigenvalue weighted by atomic mass is 10.2. The Kier molecular flexibility index (Phi) is 4.60. The summed E-state index contributed by atoms with van der Waals surface area (Å²) in [4.78, 5) is 5.41. The molecule has 0 saturated heterocycles. The van der Waals surface area contributed by atoms with Gasteiger partial charge in [-0.2, -0.15) is 13.5 Å². The minimum atomic E-state index is -4.19. The molecule has 0 bridgehead atoms. The van der Waals surface area contributed by atoms with Crippen LogP contribution in [0.2, 0.25) is 0 Å². The molecule has 2 heterocycles. The van der Waals surface area contributed by atoms with Crippen molar-refractivity contribution in [2.45, 2.75) is 50.5 Å². The van der Waals surface area contributed by atoms with Crippen LogP contribution in [0, 0.1) is 6.92 Å². The maximum Gasteiger partial charge on any atom is 0.281 e. The number of fused-ring (bicyclic) bond motifs is 1. The lowest BCUT2D eigenvalue weighted by molar-refractivity contribution is 0.146. The molecule has 0 saturated carbocycles. The lowest BCUT2D eigenvalue weighted by Gasteiger charge is -2.08. The van der Waals surface area contributed by atoms with Gasteiger partial charge in [0.25, 0.3) is 16.4 Å². The molecule has 2 aromatic rings. The molecule has 1 aliphatic carbocycles. The quantitative estimate of drug-likeness (QED) is 0.832. The Labute approximate surface area is 143 Å². The van der Waals surface area contributed by atoms with E-state index >= 15 is 0 Å². The van der Waals surface area contributed by atoms with Gasteiger partial charge in [0.1, 0.15) is 0 Å². The number of nitrogens with zero attached hydrogens (tertiary/aromatic N) is 3. The van der Waals surface area contributed by atoms with Crippen molar-refractivity contribution < 1.29 is 17.2 Å². The smallest absolute Gasteiger partial charge is 0.255 e. The van der Waals surface area contributed by atoms with Gasteiger partial charge in [-0.15, -0.1) is 11.3 Å². The van der Waals surface area contributed by atoms with Crippen molar-refractivity contribution in [1.29, 1.82) is 0 Å². The number of halogens is 2. The van der Waals surface area contributed by atoms with Crippen LogP contribution in [0.1, 0.15) is 47.5 Å². The maximum atomic E-state index is 13.2. The van der Waals surface area contributed by atoms with Gasteiger partial charge >= 0.3 is 0 Å².